The second-order valence-electron chi connectivity index (χ2n) is 7.23. The van der Waals surface area contributed by atoms with Gasteiger partial charge in [0, 0.05) is 0 Å². The van der Waals surface area contributed by atoms with Crippen molar-refractivity contribution in [1.29, 1.82) is 0 Å². The van der Waals surface area contributed by atoms with E-state index in [-0.39, 0.29) is 6.10 Å². The van der Waals surface area contributed by atoms with Gasteiger partial charge in [-0.3, -0.25) is 0 Å². The lowest BCUT2D eigenvalue weighted by molar-refractivity contribution is 0.0111. The first-order chi connectivity index (χ1) is 8.84. The van der Waals surface area contributed by atoms with Gasteiger partial charge in [-0.2, -0.15) is 0 Å². The van der Waals surface area contributed by atoms with Crippen molar-refractivity contribution in [2.75, 3.05) is 0 Å². The fourth-order valence-corrected chi connectivity index (χ4v) is 5.93. The molecule has 0 bridgehead atoms. The first kappa shape index (κ1) is 11.5. The lowest BCUT2D eigenvalue weighted by Crippen LogP contribution is -2.41. The van der Waals surface area contributed by atoms with Crippen LogP contribution in [0.5, 0.6) is 0 Å². The Kier molecular flexibility index (Phi) is 2.80. The van der Waals surface area contributed by atoms with Crippen LogP contribution in [0.2, 0.25) is 0 Å². The highest BCUT2D eigenvalue weighted by Crippen LogP contribution is 2.56. The van der Waals surface area contributed by atoms with Crippen molar-refractivity contribution in [2.45, 2.75) is 63.9 Å². The van der Waals surface area contributed by atoms with Crippen LogP contribution in [0.1, 0.15) is 57.8 Å². The standard InChI is InChI=1S/C17H26O/c18-17-10-9-15-14-6-5-11-3-1-2-4-12(11)13(14)7-8-16(15)17/h3,12-18H,1-2,4-10H2/t12-,13+,14+,15-,16-,17?/m0/s1. The minimum atomic E-state index is 0.0410. The molecular formula is C17H26O. The Morgan fingerprint density at radius 3 is 2.56 bits per heavy atom. The van der Waals surface area contributed by atoms with Gasteiger partial charge in [0.2, 0.25) is 0 Å². The molecule has 3 saturated carbocycles. The van der Waals surface area contributed by atoms with Crippen molar-refractivity contribution in [3.8, 4) is 0 Å². The quantitative estimate of drug-likeness (QED) is 0.642. The first-order valence-corrected chi connectivity index (χ1v) is 8.21. The van der Waals surface area contributed by atoms with Crippen LogP contribution >= 0.6 is 0 Å². The van der Waals surface area contributed by atoms with E-state index < -0.39 is 0 Å². The third-order valence-corrected chi connectivity index (χ3v) is 6.66. The van der Waals surface area contributed by atoms with E-state index in [4.69, 9.17) is 0 Å². The zero-order valence-corrected chi connectivity index (χ0v) is 11.4. The summed E-state index contributed by atoms with van der Waals surface area (Å²) in [6.07, 6.45) is 14.8. The Morgan fingerprint density at radius 1 is 0.833 bits per heavy atom. The summed E-state index contributed by atoms with van der Waals surface area (Å²) in [5.74, 6) is 4.43. The number of aliphatic hydroxyl groups excluding tert-OH is 1. The average molecular weight is 246 g/mol. The van der Waals surface area contributed by atoms with Crippen LogP contribution in [0.3, 0.4) is 0 Å². The molecule has 1 unspecified atom stereocenters. The predicted octanol–water partition coefficient (Wildman–Crippen LogP) is 3.92. The maximum Gasteiger partial charge on any atom is 0.0571 e. The zero-order valence-electron chi connectivity index (χ0n) is 11.4. The lowest BCUT2D eigenvalue weighted by Gasteiger charge is -2.49. The zero-order chi connectivity index (χ0) is 12.1. The molecule has 1 N–H and O–H groups in total. The number of fused-ring (bicyclic) bond motifs is 5. The molecule has 1 heteroatoms. The molecule has 3 fully saturated rings. The summed E-state index contributed by atoms with van der Waals surface area (Å²) in [5.41, 5.74) is 1.82. The van der Waals surface area contributed by atoms with Crippen LogP contribution in [0.4, 0.5) is 0 Å². The molecule has 0 spiro atoms. The second kappa shape index (κ2) is 4.37. The van der Waals surface area contributed by atoms with Crippen LogP contribution in [-0.4, -0.2) is 11.2 Å². The van der Waals surface area contributed by atoms with Crippen LogP contribution in [0.15, 0.2) is 11.6 Å². The maximum absolute atomic E-state index is 10.1. The van der Waals surface area contributed by atoms with Crippen molar-refractivity contribution >= 4 is 0 Å². The van der Waals surface area contributed by atoms with Crippen molar-refractivity contribution in [3.05, 3.63) is 11.6 Å². The molecule has 0 amide bonds. The van der Waals surface area contributed by atoms with E-state index in [9.17, 15) is 5.11 Å². The Balaban J connectivity index is 1.59. The molecule has 0 aliphatic heterocycles. The monoisotopic (exact) mass is 246 g/mol. The molecule has 100 valence electrons. The Hall–Kier alpha value is -0.300. The minimum Gasteiger partial charge on any atom is -0.393 e. The van der Waals surface area contributed by atoms with E-state index in [0.29, 0.717) is 5.92 Å². The molecule has 0 saturated heterocycles. The molecule has 0 aromatic heterocycles. The largest absolute Gasteiger partial charge is 0.393 e. The first-order valence-electron chi connectivity index (χ1n) is 8.21. The van der Waals surface area contributed by atoms with Gasteiger partial charge in [-0.1, -0.05) is 11.6 Å². The van der Waals surface area contributed by atoms with E-state index in [1.54, 1.807) is 0 Å². The Bertz CT molecular complexity index is 359. The van der Waals surface area contributed by atoms with Gasteiger partial charge in [-0.25, -0.2) is 0 Å². The maximum atomic E-state index is 10.1. The van der Waals surface area contributed by atoms with Gasteiger partial charge in [0.1, 0.15) is 0 Å². The normalized spacial score (nSPS) is 51.1. The van der Waals surface area contributed by atoms with Crippen LogP contribution in [-0.2, 0) is 0 Å². The lowest BCUT2D eigenvalue weighted by atomic mass is 9.56. The average Bonchev–Trinajstić information content (AvgIpc) is 2.80. The highest BCUT2D eigenvalue weighted by molar-refractivity contribution is 5.17. The molecule has 6 atom stereocenters. The summed E-state index contributed by atoms with van der Waals surface area (Å²) in [7, 11) is 0. The van der Waals surface area contributed by atoms with Crippen molar-refractivity contribution in [3.63, 3.8) is 0 Å². The van der Waals surface area contributed by atoms with Crippen LogP contribution in [0.25, 0.3) is 0 Å². The van der Waals surface area contributed by atoms with Gasteiger partial charge >= 0.3 is 0 Å². The van der Waals surface area contributed by atoms with Gasteiger partial charge in [0.05, 0.1) is 6.10 Å². The summed E-state index contributed by atoms with van der Waals surface area (Å²) in [5, 5.41) is 10.1. The summed E-state index contributed by atoms with van der Waals surface area (Å²) in [6.45, 7) is 0. The molecule has 4 aliphatic carbocycles. The second-order valence-corrected chi connectivity index (χ2v) is 7.23. The van der Waals surface area contributed by atoms with Crippen LogP contribution in [0, 0.1) is 29.6 Å². The van der Waals surface area contributed by atoms with Crippen molar-refractivity contribution in [1.82, 2.24) is 0 Å². The van der Waals surface area contributed by atoms with Gasteiger partial charge in [0.25, 0.3) is 0 Å². The summed E-state index contributed by atoms with van der Waals surface area (Å²) < 4.78 is 0. The molecule has 0 aromatic rings. The number of hydrogen-bond donors (Lipinski definition) is 1. The third kappa shape index (κ3) is 1.62. The van der Waals surface area contributed by atoms with Crippen LogP contribution < -0.4 is 0 Å². The Morgan fingerprint density at radius 2 is 1.61 bits per heavy atom. The molecule has 0 heterocycles. The number of aliphatic hydroxyl groups is 1. The number of rotatable bonds is 0. The summed E-state index contributed by atoms with van der Waals surface area (Å²) >= 11 is 0. The Labute approximate surface area is 111 Å². The van der Waals surface area contributed by atoms with E-state index in [2.05, 4.69) is 6.08 Å². The van der Waals surface area contributed by atoms with Gasteiger partial charge in [-0.15, -0.1) is 0 Å². The van der Waals surface area contributed by atoms with E-state index >= 15 is 0 Å². The molecule has 18 heavy (non-hydrogen) atoms. The highest BCUT2D eigenvalue weighted by Gasteiger charge is 2.49. The van der Waals surface area contributed by atoms with Crippen molar-refractivity contribution < 1.29 is 5.11 Å². The topological polar surface area (TPSA) is 20.2 Å². The SMILES string of the molecule is OC1CC[C@H]2[C@@H]3CCC4=CCCC[C@@H]4[C@H]3CC[C@H]12. The smallest absolute Gasteiger partial charge is 0.0571 e. The minimum absolute atomic E-state index is 0.0410. The molecular weight excluding hydrogens is 220 g/mol. The van der Waals surface area contributed by atoms with Gasteiger partial charge in [-0.05, 0) is 87.4 Å². The summed E-state index contributed by atoms with van der Waals surface area (Å²) in [4.78, 5) is 0. The fraction of sp³-hybridized carbons (Fsp3) is 0.882. The van der Waals surface area contributed by atoms with E-state index in [1.165, 1.54) is 51.4 Å². The van der Waals surface area contributed by atoms with Gasteiger partial charge in [0.15, 0.2) is 0 Å². The molecule has 4 aliphatic rings. The number of allylic oxidation sites excluding steroid dienone is 2. The fourth-order valence-electron chi connectivity index (χ4n) is 5.93. The molecule has 4 rings (SSSR count). The van der Waals surface area contributed by atoms with E-state index in [1.807, 2.05) is 5.57 Å². The molecule has 0 radical (unpaired) electrons. The van der Waals surface area contributed by atoms with Gasteiger partial charge < -0.3 is 5.11 Å². The third-order valence-electron chi connectivity index (χ3n) is 6.66. The highest BCUT2D eigenvalue weighted by atomic mass is 16.3. The summed E-state index contributed by atoms with van der Waals surface area (Å²) in [6, 6.07) is 0. The number of hydrogen-bond acceptors (Lipinski definition) is 1. The molecule has 1 nitrogen and oxygen atoms in total. The van der Waals surface area contributed by atoms with E-state index in [0.717, 1.165) is 30.1 Å². The molecule has 0 aromatic carbocycles. The predicted molar refractivity (Wildman–Crippen MR) is 73.1 cm³/mol. The van der Waals surface area contributed by atoms with Crippen molar-refractivity contribution in [2.24, 2.45) is 29.6 Å².